The third kappa shape index (κ3) is 3.54. The van der Waals surface area contributed by atoms with Gasteiger partial charge in [0.05, 0.1) is 15.9 Å². The Hall–Kier alpha value is -1.00. The molecule has 1 rings (SSSR count). The van der Waals surface area contributed by atoms with E-state index in [0.717, 1.165) is 16.4 Å². The summed E-state index contributed by atoms with van der Waals surface area (Å²) in [6.07, 6.45) is 0.834. The van der Waals surface area contributed by atoms with Gasteiger partial charge >= 0.3 is 0 Å². The van der Waals surface area contributed by atoms with Crippen LogP contribution in [0.2, 0.25) is 0 Å². The fourth-order valence-corrected chi connectivity index (χ4v) is 1.98. The van der Waals surface area contributed by atoms with E-state index in [1.54, 1.807) is 0 Å². The van der Waals surface area contributed by atoms with Gasteiger partial charge in [-0.15, -0.1) is 0 Å². The van der Waals surface area contributed by atoms with E-state index in [1.807, 2.05) is 32.3 Å². The molecule has 0 unspecified atom stereocenters. The number of nitrogens with one attached hydrogen (secondary N) is 2. The summed E-state index contributed by atoms with van der Waals surface area (Å²) < 4.78 is 0. The second-order valence-electron chi connectivity index (χ2n) is 3.47. The van der Waals surface area contributed by atoms with Crippen molar-refractivity contribution in [2.75, 3.05) is 14.1 Å². The van der Waals surface area contributed by atoms with E-state index in [0.29, 0.717) is 0 Å². The van der Waals surface area contributed by atoms with E-state index < -0.39 is 0 Å². The molecule has 0 aliphatic rings. The van der Waals surface area contributed by atoms with Crippen molar-refractivity contribution in [3.05, 3.63) is 35.9 Å². The summed E-state index contributed by atoms with van der Waals surface area (Å²) in [6.45, 7) is 0. The maximum Gasteiger partial charge on any atom is 0.0853 e. The molecule has 0 bridgehead atoms. The number of benzene rings is 1. The number of hydrogen-bond donors (Lipinski definition) is 2. The first-order valence-electron chi connectivity index (χ1n) is 5.16. The molecule has 0 atom stereocenters. The van der Waals surface area contributed by atoms with Gasteiger partial charge in [0, 0.05) is 14.1 Å². The first-order chi connectivity index (χ1) is 7.69. The molecule has 4 heteroatoms. The van der Waals surface area contributed by atoms with Gasteiger partial charge in [-0.3, -0.25) is 0 Å². The molecule has 0 saturated heterocycles. The van der Waals surface area contributed by atoms with Crippen LogP contribution in [-0.4, -0.2) is 24.1 Å². The fourth-order valence-electron chi connectivity index (χ4n) is 1.50. The Morgan fingerprint density at radius 1 is 1.06 bits per heavy atom. The van der Waals surface area contributed by atoms with Crippen molar-refractivity contribution >= 4 is 34.4 Å². The summed E-state index contributed by atoms with van der Waals surface area (Å²) in [5.41, 5.74) is 1.24. The third-order valence-corrected chi connectivity index (χ3v) is 3.39. The Bertz CT molecular complexity index is 347. The highest BCUT2D eigenvalue weighted by atomic mass is 32.1. The molecule has 0 saturated carbocycles. The molecule has 0 heterocycles. The number of rotatable bonds is 4. The Morgan fingerprint density at radius 3 is 2.00 bits per heavy atom. The van der Waals surface area contributed by atoms with Crippen LogP contribution >= 0.6 is 24.4 Å². The highest BCUT2D eigenvalue weighted by Crippen LogP contribution is 2.11. The van der Waals surface area contributed by atoms with E-state index in [4.69, 9.17) is 24.4 Å². The number of hydrogen-bond acceptors (Lipinski definition) is 2. The molecule has 2 nitrogen and oxygen atoms in total. The lowest BCUT2D eigenvalue weighted by Crippen LogP contribution is -2.37. The van der Waals surface area contributed by atoms with E-state index in [9.17, 15) is 0 Å². The lowest BCUT2D eigenvalue weighted by molar-refractivity contribution is 0.853. The maximum absolute atomic E-state index is 5.28. The first kappa shape index (κ1) is 13.1. The minimum Gasteiger partial charge on any atom is -0.382 e. The summed E-state index contributed by atoms with van der Waals surface area (Å²) in [4.78, 5) is 1.56. The second-order valence-corrected chi connectivity index (χ2v) is 4.35. The zero-order chi connectivity index (χ0) is 12.0. The van der Waals surface area contributed by atoms with Crippen LogP contribution in [0.15, 0.2) is 30.3 Å². The molecule has 1 aromatic rings. The van der Waals surface area contributed by atoms with E-state index >= 15 is 0 Å². The zero-order valence-electron chi connectivity index (χ0n) is 9.49. The van der Waals surface area contributed by atoms with E-state index in [-0.39, 0.29) is 5.92 Å². The van der Waals surface area contributed by atoms with Crippen molar-refractivity contribution in [2.24, 2.45) is 5.92 Å². The van der Waals surface area contributed by atoms with Gasteiger partial charge in [-0.05, 0) is 12.0 Å². The van der Waals surface area contributed by atoms with Gasteiger partial charge in [0.25, 0.3) is 0 Å². The average Bonchev–Trinajstić information content (AvgIpc) is 2.35. The summed E-state index contributed by atoms with van der Waals surface area (Å²) in [7, 11) is 3.66. The summed E-state index contributed by atoms with van der Waals surface area (Å²) in [5, 5.41) is 6.01. The van der Waals surface area contributed by atoms with E-state index in [1.165, 1.54) is 5.56 Å². The zero-order valence-corrected chi connectivity index (χ0v) is 11.1. The Labute approximate surface area is 107 Å². The highest BCUT2D eigenvalue weighted by molar-refractivity contribution is 7.82. The molecule has 0 fully saturated rings. The molecule has 16 heavy (non-hydrogen) atoms. The van der Waals surface area contributed by atoms with Gasteiger partial charge in [-0.25, -0.2) is 0 Å². The minimum atomic E-state index is 0.0717. The van der Waals surface area contributed by atoms with Crippen LogP contribution in [0.3, 0.4) is 0 Å². The monoisotopic (exact) mass is 252 g/mol. The van der Waals surface area contributed by atoms with Crippen molar-refractivity contribution in [3.63, 3.8) is 0 Å². The summed E-state index contributed by atoms with van der Waals surface area (Å²) in [5.74, 6) is 0.0717. The van der Waals surface area contributed by atoms with Gasteiger partial charge in [0.15, 0.2) is 0 Å². The third-order valence-electron chi connectivity index (χ3n) is 2.41. The van der Waals surface area contributed by atoms with Gasteiger partial charge in [-0.1, -0.05) is 54.8 Å². The smallest absolute Gasteiger partial charge is 0.0853 e. The first-order valence-corrected chi connectivity index (χ1v) is 5.97. The topological polar surface area (TPSA) is 24.1 Å². The van der Waals surface area contributed by atoms with Crippen molar-refractivity contribution in [2.45, 2.75) is 6.42 Å². The molecule has 0 amide bonds. The predicted octanol–water partition coefficient (Wildman–Crippen LogP) is 1.94. The lowest BCUT2D eigenvalue weighted by Gasteiger charge is -2.18. The summed E-state index contributed by atoms with van der Waals surface area (Å²) >= 11 is 10.6. The van der Waals surface area contributed by atoms with Crippen LogP contribution in [-0.2, 0) is 6.42 Å². The average molecular weight is 252 g/mol. The molecule has 0 radical (unpaired) electrons. The van der Waals surface area contributed by atoms with Crippen molar-refractivity contribution in [3.8, 4) is 0 Å². The highest BCUT2D eigenvalue weighted by Gasteiger charge is 2.18. The van der Waals surface area contributed by atoms with Crippen LogP contribution < -0.4 is 10.6 Å². The Balaban J connectivity index is 2.79. The SMILES string of the molecule is CNC(=S)C(Cc1ccccc1)C(=S)NC. The van der Waals surface area contributed by atoms with Crippen molar-refractivity contribution in [1.29, 1.82) is 0 Å². The molecule has 0 spiro atoms. The molecule has 0 aliphatic carbocycles. The Kier molecular flexibility index (Phi) is 5.35. The molecule has 1 aromatic carbocycles. The molecule has 86 valence electrons. The summed E-state index contributed by atoms with van der Waals surface area (Å²) in [6, 6.07) is 10.2. The fraction of sp³-hybridized carbons (Fsp3) is 0.333. The number of thiocarbonyl (C=S) groups is 2. The van der Waals surface area contributed by atoms with Crippen LogP contribution in [0, 0.1) is 5.92 Å². The van der Waals surface area contributed by atoms with Gasteiger partial charge in [0.2, 0.25) is 0 Å². The predicted molar refractivity (Wildman–Crippen MR) is 77.0 cm³/mol. The molecule has 2 N–H and O–H groups in total. The van der Waals surface area contributed by atoms with Gasteiger partial charge in [-0.2, -0.15) is 0 Å². The van der Waals surface area contributed by atoms with Crippen LogP contribution in [0.1, 0.15) is 5.56 Å². The van der Waals surface area contributed by atoms with Crippen LogP contribution in [0.4, 0.5) is 0 Å². The normalized spacial score (nSPS) is 9.94. The minimum absolute atomic E-state index is 0.0717. The Morgan fingerprint density at radius 2 is 1.56 bits per heavy atom. The lowest BCUT2D eigenvalue weighted by atomic mass is 9.99. The van der Waals surface area contributed by atoms with Crippen molar-refractivity contribution in [1.82, 2.24) is 10.6 Å². The van der Waals surface area contributed by atoms with E-state index in [2.05, 4.69) is 22.8 Å². The quantitative estimate of drug-likeness (QED) is 0.800. The second kappa shape index (κ2) is 6.55. The largest absolute Gasteiger partial charge is 0.382 e. The van der Waals surface area contributed by atoms with Crippen molar-refractivity contribution < 1.29 is 0 Å². The maximum atomic E-state index is 5.28. The van der Waals surface area contributed by atoms with Crippen LogP contribution in [0.25, 0.3) is 0 Å². The molecular formula is C12H16N2S2. The molecule has 0 aliphatic heterocycles. The van der Waals surface area contributed by atoms with Crippen LogP contribution in [0.5, 0.6) is 0 Å². The van der Waals surface area contributed by atoms with Gasteiger partial charge in [0.1, 0.15) is 0 Å². The molecular weight excluding hydrogens is 236 g/mol. The van der Waals surface area contributed by atoms with Gasteiger partial charge < -0.3 is 10.6 Å². The standard InChI is InChI=1S/C12H16N2S2/c1-13-11(15)10(12(16)14-2)8-9-6-4-3-5-7-9/h3-7,10H,8H2,1-2H3,(H,13,15)(H,14,16). The molecule has 0 aromatic heterocycles.